The molecule has 1 aromatic carbocycles. The highest BCUT2D eigenvalue weighted by Gasteiger charge is 2.30. The van der Waals surface area contributed by atoms with Crippen molar-refractivity contribution in [2.45, 2.75) is 57.1 Å². The normalized spacial score (nSPS) is 13.8. The van der Waals surface area contributed by atoms with E-state index < -0.39 is 5.82 Å². The van der Waals surface area contributed by atoms with Gasteiger partial charge in [-0.15, -0.1) is 10.2 Å². The van der Waals surface area contributed by atoms with E-state index >= 15 is 0 Å². The first-order valence-corrected chi connectivity index (χ1v) is 10.5. The first-order valence-electron chi connectivity index (χ1n) is 9.50. The summed E-state index contributed by atoms with van der Waals surface area (Å²) < 4.78 is 16.4. The molecule has 8 heteroatoms. The predicted octanol–water partition coefficient (Wildman–Crippen LogP) is 3.53. The number of carbonyl (C=O) groups is 2. The van der Waals surface area contributed by atoms with Gasteiger partial charge in [0.05, 0.1) is 5.75 Å². The van der Waals surface area contributed by atoms with Gasteiger partial charge in [-0.25, -0.2) is 4.39 Å². The Morgan fingerprint density at radius 1 is 1.32 bits per heavy atom. The van der Waals surface area contributed by atoms with Gasteiger partial charge in [0.2, 0.25) is 5.91 Å². The Morgan fingerprint density at radius 3 is 2.68 bits per heavy atom. The van der Waals surface area contributed by atoms with E-state index in [2.05, 4.69) is 33.9 Å². The highest BCUT2D eigenvalue weighted by molar-refractivity contribution is 7.99. The van der Waals surface area contributed by atoms with Crippen molar-refractivity contribution in [3.8, 4) is 0 Å². The Labute approximate surface area is 168 Å². The third kappa shape index (κ3) is 4.98. The predicted molar refractivity (Wildman–Crippen MR) is 106 cm³/mol. The number of halogens is 1. The quantitative estimate of drug-likeness (QED) is 0.511. The molecule has 0 aliphatic heterocycles. The molecule has 1 aliphatic carbocycles. The summed E-state index contributed by atoms with van der Waals surface area (Å²) in [5.41, 5.74) is 0.822. The molecule has 6 nitrogen and oxygen atoms in total. The number of Topliss-reactive ketones (excluding diaryl/α,β-unsaturated/α-hetero) is 1. The van der Waals surface area contributed by atoms with Crippen LogP contribution >= 0.6 is 11.8 Å². The maximum absolute atomic E-state index is 14.3. The summed E-state index contributed by atoms with van der Waals surface area (Å²) >= 11 is 1.35. The average molecular weight is 405 g/mol. The number of hydrogen-bond donors (Lipinski definition) is 1. The highest BCUT2D eigenvalue weighted by Crippen LogP contribution is 2.40. The summed E-state index contributed by atoms with van der Waals surface area (Å²) in [4.78, 5) is 23.4. The van der Waals surface area contributed by atoms with E-state index in [0.29, 0.717) is 30.1 Å². The van der Waals surface area contributed by atoms with Crippen molar-refractivity contribution in [1.82, 2.24) is 20.1 Å². The van der Waals surface area contributed by atoms with Crippen LogP contribution in [0.25, 0.3) is 0 Å². The van der Waals surface area contributed by atoms with Gasteiger partial charge in [0.15, 0.2) is 10.9 Å². The van der Waals surface area contributed by atoms with Crippen LogP contribution in [-0.2, 0) is 11.2 Å². The molecular weight excluding hydrogens is 379 g/mol. The zero-order valence-electron chi connectivity index (χ0n) is 16.4. The smallest absolute Gasteiger partial charge is 0.216 e. The van der Waals surface area contributed by atoms with Gasteiger partial charge in [-0.3, -0.25) is 9.59 Å². The maximum atomic E-state index is 14.3. The van der Waals surface area contributed by atoms with Gasteiger partial charge in [-0.2, -0.15) is 0 Å². The maximum Gasteiger partial charge on any atom is 0.216 e. The number of nitrogens with one attached hydrogen (secondary N) is 1. The number of thioether (sulfide) groups is 1. The fraction of sp³-hybridized carbons (Fsp3) is 0.500. The Morgan fingerprint density at radius 2 is 2.07 bits per heavy atom. The molecule has 1 heterocycles. The van der Waals surface area contributed by atoms with E-state index in [1.54, 1.807) is 12.1 Å². The van der Waals surface area contributed by atoms with Crippen LogP contribution in [0, 0.1) is 5.82 Å². The largest absolute Gasteiger partial charge is 0.356 e. The van der Waals surface area contributed by atoms with Gasteiger partial charge >= 0.3 is 0 Å². The van der Waals surface area contributed by atoms with Crippen LogP contribution < -0.4 is 5.32 Å². The fourth-order valence-electron chi connectivity index (χ4n) is 2.97. The van der Waals surface area contributed by atoms with E-state index in [0.717, 1.165) is 23.8 Å². The molecule has 1 fully saturated rings. The molecule has 0 bridgehead atoms. The molecule has 0 radical (unpaired) electrons. The van der Waals surface area contributed by atoms with Crippen LogP contribution in [0.4, 0.5) is 4.39 Å². The molecule has 0 atom stereocenters. The number of amides is 1. The number of ketones is 1. The van der Waals surface area contributed by atoms with Gasteiger partial charge in [0.1, 0.15) is 11.6 Å². The lowest BCUT2D eigenvalue weighted by atomic mass is 10.1. The lowest BCUT2D eigenvalue weighted by Crippen LogP contribution is -2.22. The van der Waals surface area contributed by atoms with Crippen LogP contribution in [0.15, 0.2) is 23.4 Å². The van der Waals surface area contributed by atoms with Crippen molar-refractivity contribution in [2.24, 2.45) is 0 Å². The third-order valence-electron chi connectivity index (χ3n) is 4.60. The second-order valence-electron chi connectivity index (χ2n) is 7.35. The van der Waals surface area contributed by atoms with E-state index in [1.165, 1.54) is 24.8 Å². The summed E-state index contributed by atoms with van der Waals surface area (Å²) in [7, 11) is 0. The topological polar surface area (TPSA) is 76.9 Å². The minimum Gasteiger partial charge on any atom is -0.356 e. The number of aromatic nitrogens is 3. The van der Waals surface area contributed by atoms with Gasteiger partial charge < -0.3 is 9.88 Å². The molecule has 1 amide bonds. The zero-order chi connectivity index (χ0) is 20.3. The zero-order valence-corrected chi connectivity index (χ0v) is 17.2. The monoisotopic (exact) mass is 404 g/mol. The van der Waals surface area contributed by atoms with Gasteiger partial charge in [0, 0.05) is 31.0 Å². The molecule has 150 valence electrons. The van der Waals surface area contributed by atoms with Crippen LogP contribution in [0.1, 0.15) is 67.3 Å². The first-order chi connectivity index (χ1) is 13.4. The fourth-order valence-corrected chi connectivity index (χ4v) is 3.87. The molecule has 0 spiro atoms. The Bertz CT molecular complexity index is 877. The Kier molecular flexibility index (Phi) is 6.49. The van der Waals surface area contributed by atoms with Crippen molar-refractivity contribution in [1.29, 1.82) is 0 Å². The van der Waals surface area contributed by atoms with Crippen LogP contribution in [-0.4, -0.2) is 38.8 Å². The summed E-state index contributed by atoms with van der Waals surface area (Å²) in [6, 6.07) is 4.96. The summed E-state index contributed by atoms with van der Waals surface area (Å²) in [6.45, 7) is 5.95. The average Bonchev–Trinajstić information content (AvgIpc) is 3.39. The SMILES string of the molecule is CC(=O)NCCc1ccc(C(=O)CSc2nnc(C(C)C)n2C2CC2)cc1F. The van der Waals surface area contributed by atoms with Crippen LogP contribution in [0.3, 0.4) is 0 Å². The molecule has 28 heavy (non-hydrogen) atoms. The van der Waals surface area contributed by atoms with Crippen molar-refractivity contribution in [3.05, 3.63) is 41.0 Å². The number of nitrogens with zero attached hydrogens (tertiary/aromatic N) is 3. The second-order valence-corrected chi connectivity index (χ2v) is 8.29. The molecule has 3 rings (SSSR count). The summed E-state index contributed by atoms with van der Waals surface area (Å²) in [5.74, 6) is 0.694. The summed E-state index contributed by atoms with van der Waals surface area (Å²) in [5, 5.41) is 11.9. The lowest BCUT2D eigenvalue weighted by molar-refractivity contribution is -0.118. The van der Waals surface area contributed by atoms with Crippen molar-refractivity contribution in [3.63, 3.8) is 0 Å². The van der Waals surface area contributed by atoms with Crippen LogP contribution in [0.5, 0.6) is 0 Å². The summed E-state index contributed by atoms with van der Waals surface area (Å²) in [6.07, 6.45) is 2.62. The van der Waals surface area contributed by atoms with Crippen molar-refractivity contribution >= 4 is 23.5 Å². The first kappa shape index (κ1) is 20.5. The van der Waals surface area contributed by atoms with Gasteiger partial charge in [-0.1, -0.05) is 37.7 Å². The van der Waals surface area contributed by atoms with Crippen molar-refractivity contribution in [2.75, 3.05) is 12.3 Å². The minimum atomic E-state index is -0.426. The molecule has 1 aliphatic rings. The Balaban J connectivity index is 1.62. The molecule has 2 aromatic rings. The molecule has 1 N–H and O–H groups in total. The molecule has 0 unspecified atom stereocenters. The van der Waals surface area contributed by atoms with Gasteiger partial charge in [0.25, 0.3) is 0 Å². The van der Waals surface area contributed by atoms with E-state index in [1.807, 2.05) is 0 Å². The number of rotatable bonds is 9. The van der Waals surface area contributed by atoms with Crippen molar-refractivity contribution < 1.29 is 14.0 Å². The number of carbonyl (C=O) groups excluding carboxylic acids is 2. The van der Waals surface area contributed by atoms with E-state index in [4.69, 9.17) is 0 Å². The number of hydrogen-bond acceptors (Lipinski definition) is 5. The molecule has 0 saturated heterocycles. The number of benzene rings is 1. The minimum absolute atomic E-state index is 0.145. The second kappa shape index (κ2) is 8.86. The third-order valence-corrected chi connectivity index (χ3v) is 5.54. The highest BCUT2D eigenvalue weighted by atomic mass is 32.2. The van der Waals surface area contributed by atoms with E-state index in [-0.39, 0.29) is 23.4 Å². The standard InChI is InChI=1S/C20H25FN4O2S/c1-12(2)19-23-24-20(25(19)16-6-7-16)28-11-18(27)15-5-4-14(17(21)10-15)8-9-22-13(3)26/h4-5,10,12,16H,6-9,11H2,1-3H3,(H,22,26). The van der Waals surface area contributed by atoms with E-state index in [9.17, 15) is 14.0 Å². The van der Waals surface area contributed by atoms with Gasteiger partial charge in [-0.05, 0) is 30.9 Å². The molecular formula is C20H25FN4O2S. The van der Waals surface area contributed by atoms with Crippen LogP contribution in [0.2, 0.25) is 0 Å². The lowest BCUT2D eigenvalue weighted by Gasteiger charge is -2.10. The molecule has 1 aromatic heterocycles. The Hall–Kier alpha value is -2.22. The molecule has 1 saturated carbocycles.